The number of nitrogens with two attached hydrogens (primary N) is 1. The first-order chi connectivity index (χ1) is 9.51. The van der Waals surface area contributed by atoms with Gasteiger partial charge in [-0.2, -0.15) is 0 Å². The number of amides is 1. The smallest absolute Gasteiger partial charge is 0.251 e. The predicted molar refractivity (Wildman–Crippen MR) is 81.7 cm³/mol. The Kier molecular flexibility index (Phi) is 4.36. The van der Waals surface area contributed by atoms with Gasteiger partial charge in [0.2, 0.25) is 0 Å². The van der Waals surface area contributed by atoms with E-state index in [1.165, 1.54) is 0 Å². The van der Waals surface area contributed by atoms with Gasteiger partial charge in [0, 0.05) is 16.6 Å². The van der Waals surface area contributed by atoms with Gasteiger partial charge in [-0.3, -0.25) is 10.6 Å². The van der Waals surface area contributed by atoms with E-state index in [4.69, 9.17) is 5.84 Å². The molecule has 0 radical (unpaired) electrons. The molecule has 6 heteroatoms. The number of thiazole rings is 1. The number of hydrogen-bond acceptors (Lipinski definition) is 5. The summed E-state index contributed by atoms with van der Waals surface area (Å²) < 4.78 is 0. The van der Waals surface area contributed by atoms with E-state index in [0.717, 1.165) is 21.1 Å². The summed E-state index contributed by atoms with van der Waals surface area (Å²) >= 11 is 1.59. The molecule has 1 aromatic heterocycles. The van der Waals surface area contributed by atoms with Crippen LogP contribution in [0.25, 0.3) is 0 Å². The number of aromatic nitrogens is 1. The summed E-state index contributed by atoms with van der Waals surface area (Å²) in [6.07, 6.45) is 1.81. The number of nitrogens with one attached hydrogen (secondary N) is 2. The zero-order valence-electron chi connectivity index (χ0n) is 11.7. The molecule has 1 heterocycles. The van der Waals surface area contributed by atoms with Crippen molar-refractivity contribution < 1.29 is 4.79 Å². The van der Waals surface area contributed by atoms with Gasteiger partial charge >= 0.3 is 0 Å². The van der Waals surface area contributed by atoms with Crippen LogP contribution in [0.5, 0.6) is 0 Å². The van der Waals surface area contributed by atoms with Crippen molar-refractivity contribution in [1.29, 1.82) is 0 Å². The van der Waals surface area contributed by atoms with Crippen LogP contribution in [0.3, 0.4) is 0 Å². The quantitative estimate of drug-likeness (QED) is 0.597. The number of aryl methyl sites for hydroxylation is 2. The van der Waals surface area contributed by atoms with E-state index in [2.05, 4.69) is 15.7 Å². The maximum absolute atomic E-state index is 12.2. The lowest BCUT2D eigenvalue weighted by Gasteiger charge is -2.12. The van der Waals surface area contributed by atoms with E-state index in [1.54, 1.807) is 23.5 Å². The molecule has 1 aromatic carbocycles. The summed E-state index contributed by atoms with van der Waals surface area (Å²) in [5.74, 6) is 5.26. The third kappa shape index (κ3) is 3.15. The Balaban J connectivity index is 2.10. The molecule has 1 amide bonds. The second-order valence-corrected chi connectivity index (χ2v) is 5.94. The predicted octanol–water partition coefficient (Wildman–Crippen LogP) is 2.54. The van der Waals surface area contributed by atoms with Crippen LogP contribution in [-0.2, 0) is 0 Å². The minimum atomic E-state index is -0.114. The van der Waals surface area contributed by atoms with Gasteiger partial charge in [0.05, 0.1) is 11.7 Å². The van der Waals surface area contributed by atoms with E-state index in [1.807, 2.05) is 33.0 Å². The number of nitrogens with zero attached hydrogens (tertiary/aromatic N) is 1. The number of hydrogen-bond donors (Lipinski definition) is 3. The van der Waals surface area contributed by atoms with Crippen molar-refractivity contribution >= 4 is 22.9 Å². The normalized spacial score (nSPS) is 12.0. The second-order valence-electron chi connectivity index (χ2n) is 4.68. The maximum atomic E-state index is 12.2. The number of hydrazine groups is 1. The summed E-state index contributed by atoms with van der Waals surface area (Å²) in [4.78, 5) is 17.6. The lowest BCUT2D eigenvalue weighted by Crippen LogP contribution is -2.26. The van der Waals surface area contributed by atoms with Gasteiger partial charge in [-0.05, 0) is 44.5 Å². The van der Waals surface area contributed by atoms with E-state index in [0.29, 0.717) is 5.56 Å². The maximum Gasteiger partial charge on any atom is 0.251 e. The van der Waals surface area contributed by atoms with Crippen LogP contribution in [0.4, 0.5) is 5.69 Å². The molecule has 5 nitrogen and oxygen atoms in total. The third-order valence-electron chi connectivity index (χ3n) is 3.00. The first-order valence-corrected chi connectivity index (χ1v) is 7.13. The fourth-order valence-corrected chi connectivity index (χ4v) is 2.66. The van der Waals surface area contributed by atoms with Gasteiger partial charge in [-0.1, -0.05) is 0 Å². The van der Waals surface area contributed by atoms with Crippen LogP contribution in [-0.4, -0.2) is 10.9 Å². The molecule has 0 bridgehead atoms. The largest absolute Gasteiger partial charge is 0.343 e. The first kappa shape index (κ1) is 14.5. The van der Waals surface area contributed by atoms with Crippen LogP contribution in [0.2, 0.25) is 0 Å². The van der Waals surface area contributed by atoms with Crippen molar-refractivity contribution in [2.75, 3.05) is 5.43 Å². The molecule has 0 fully saturated rings. The summed E-state index contributed by atoms with van der Waals surface area (Å²) in [6, 6.07) is 5.25. The van der Waals surface area contributed by atoms with E-state index in [-0.39, 0.29) is 11.9 Å². The molecular formula is C14H18N4OS. The standard InChI is InChI=1S/C14H18N4OS/c1-8-6-11(4-5-12(8)18-15)13(19)17-10(3)14-16-7-9(2)20-14/h4-7,10,18H,15H2,1-3H3,(H,17,19). The van der Waals surface area contributed by atoms with Crippen molar-refractivity contribution in [3.63, 3.8) is 0 Å². The molecule has 20 heavy (non-hydrogen) atoms. The molecule has 0 saturated heterocycles. The number of carbonyl (C=O) groups is 1. The molecule has 0 aliphatic carbocycles. The van der Waals surface area contributed by atoms with Crippen molar-refractivity contribution in [3.8, 4) is 0 Å². The molecule has 2 rings (SSSR count). The van der Waals surface area contributed by atoms with Gasteiger partial charge in [0.1, 0.15) is 5.01 Å². The lowest BCUT2D eigenvalue weighted by atomic mass is 10.1. The summed E-state index contributed by atoms with van der Waals surface area (Å²) in [5, 5.41) is 3.86. The van der Waals surface area contributed by atoms with Crippen LogP contribution < -0.4 is 16.6 Å². The van der Waals surface area contributed by atoms with Crippen LogP contribution >= 0.6 is 11.3 Å². The van der Waals surface area contributed by atoms with Crippen LogP contribution in [0.1, 0.15) is 38.8 Å². The molecule has 0 saturated carbocycles. The highest BCUT2D eigenvalue weighted by Crippen LogP contribution is 2.20. The monoisotopic (exact) mass is 290 g/mol. The van der Waals surface area contributed by atoms with E-state index in [9.17, 15) is 4.79 Å². The fourth-order valence-electron chi connectivity index (χ4n) is 1.88. The minimum absolute atomic E-state index is 0.103. The zero-order chi connectivity index (χ0) is 14.7. The van der Waals surface area contributed by atoms with Crippen molar-refractivity contribution in [2.24, 2.45) is 5.84 Å². The van der Waals surface area contributed by atoms with Crippen molar-refractivity contribution in [3.05, 3.63) is 45.4 Å². The molecule has 0 aliphatic rings. The molecule has 1 atom stereocenters. The molecule has 2 aromatic rings. The third-order valence-corrected chi connectivity index (χ3v) is 4.10. The molecule has 0 spiro atoms. The molecule has 1 unspecified atom stereocenters. The Morgan fingerprint density at radius 2 is 2.15 bits per heavy atom. The number of anilines is 1. The average Bonchev–Trinajstić information content (AvgIpc) is 2.85. The lowest BCUT2D eigenvalue weighted by molar-refractivity contribution is 0.0940. The van der Waals surface area contributed by atoms with Crippen LogP contribution in [0.15, 0.2) is 24.4 Å². The second kappa shape index (κ2) is 6.02. The zero-order valence-corrected chi connectivity index (χ0v) is 12.5. The van der Waals surface area contributed by atoms with Gasteiger partial charge in [-0.25, -0.2) is 4.98 Å². The highest BCUT2D eigenvalue weighted by Gasteiger charge is 2.14. The minimum Gasteiger partial charge on any atom is -0.343 e. The van der Waals surface area contributed by atoms with Gasteiger partial charge < -0.3 is 10.7 Å². The summed E-state index contributed by atoms with van der Waals surface area (Å²) in [6.45, 7) is 5.83. The molecule has 106 valence electrons. The van der Waals surface area contributed by atoms with E-state index >= 15 is 0 Å². The summed E-state index contributed by atoms with van der Waals surface area (Å²) in [5.41, 5.74) is 4.94. The number of nitrogen functional groups attached to an aromatic ring is 1. The topological polar surface area (TPSA) is 80.0 Å². The summed E-state index contributed by atoms with van der Waals surface area (Å²) in [7, 11) is 0. The first-order valence-electron chi connectivity index (χ1n) is 6.31. The van der Waals surface area contributed by atoms with E-state index < -0.39 is 0 Å². The molecule has 0 aliphatic heterocycles. The highest BCUT2D eigenvalue weighted by molar-refractivity contribution is 7.11. The Morgan fingerprint density at radius 1 is 1.40 bits per heavy atom. The Hall–Kier alpha value is -1.92. The van der Waals surface area contributed by atoms with Crippen LogP contribution in [0, 0.1) is 13.8 Å². The Bertz CT molecular complexity index is 623. The number of rotatable bonds is 4. The Morgan fingerprint density at radius 3 is 2.70 bits per heavy atom. The van der Waals surface area contributed by atoms with Crippen molar-refractivity contribution in [1.82, 2.24) is 10.3 Å². The number of benzene rings is 1. The average molecular weight is 290 g/mol. The highest BCUT2D eigenvalue weighted by atomic mass is 32.1. The molecule has 4 N–H and O–H groups in total. The molecular weight excluding hydrogens is 272 g/mol. The fraction of sp³-hybridized carbons (Fsp3) is 0.286. The SMILES string of the molecule is Cc1cnc(C(C)NC(=O)c2ccc(NN)c(C)c2)s1. The Labute approximate surface area is 122 Å². The van der Waals surface area contributed by atoms with Gasteiger partial charge in [0.15, 0.2) is 0 Å². The van der Waals surface area contributed by atoms with Crippen molar-refractivity contribution in [2.45, 2.75) is 26.8 Å². The van der Waals surface area contributed by atoms with Gasteiger partial charge in [0.25, 0.3) is 5.91 Å². The number of carbonyl (C=O) groups excluding carboxylic acids is 1. The van der Waals surface area contributed by atoms with Gasteiger partial charge in [-0.15, -0.1) is 11.3 Å².